The number of rotatable bonds is 13. The Balaban J connectivity index is 1.27. The molecule has 16 heteroatoms. The van der Waals surface area contributed by atoms with E-state index in [9.17, 15) is 19.2 Å². The molecule has 1 saturated carbocycles. The van der Waals surface area contributed by atoms with E-state index in [-0.39, 0.29) is 43.2 Å². The van der Waals surface area contributed by atoms with E-state index in [0.717, 1.165) is 34.5 Å². The van der Waals surface area contributed by atoms with E-state index < -0.39 is 81.9 Å². The summed E-state index contributed by atoms with van der Waals surface area (Å²) in [6.45, 7) is 1.80. The van der Waals surface area contributed by atoms with Gasteiger partial charge in [0.1, 0.15) is 24.7 Å². The number of carbonyl (C=O) groups excluding carboxylic acids is 4. The van der Waals surface area contributed by atoms with Crippen LogP contribution < -0.4 is 24.2 Å². The van der Waals surface area contributed by atoms with Crippen molar-refractivity contribution in [2.75, 3.05) is 62.1 Å². The second kappa shape index (κ2) is 15.8. The molecule has 4 aromatic rings. The van der Waals surface area contributed by atoms with E-state index >= 15 is 26.3 Å². The maximum Gasteiger partial charge on any atom is 0.411 e. The summed E-state index contributed by atoms with van der Waals surface area (Å²) in [7, 11) is 4.80. The van der Waals surface area contributed by atoms with E-state index in [1.807, 2.05) is 60.5 Å². The lowest BCUT2D eigenvalue weighted by Crippen LogP contribution is -2.55. The number of alkyl halides is 6. The molecule has 4 amide bonds. The van der Waals surface area contributed by atoms with Crippen molar-refractivity contribution in [1.29, 1.82) is 0 Å². The van der Waals surface area contributed by atoms with Crippen molar-refractivity contribution in [2.24, 2.45) is 23.7 Å². The summed E-state index contributed by atoms with van der Waals surface area (Å²) in [5.74, 6) is -8.17. The van der Waals surface area contributed by atoms with Crippen LogP contribution in [0.2, 0.25) is 0 Å². The van der Waals surface area contributed by atoms with Gasteiger partial charge in [0.2, 0.25) is 29.0 Å². The van der Waals surface area contributed by atoms with Gasteiger partial charge in [-0.25, -0.2) is 4.90 Å². The van der Waals surface area contributed by atoms with Gasteiger partial charge in [-0.3, -0.25) is 24.1 Å². The molecule has 0 N–H and O–H groups in total. The van der Waals surface area contributed by atoms with Crippen molar-refractivity contribution in [3.8, 4) is 11.5 Å². The number of imide groups is 2. The van der Waals surface area contributed by atoms with E-state index in [2.05, 4.69) is 0 Å². The minimum absolute atomic E-state index is 0.00322. The number of aryl methyl sites for hydroxylation is 1. The first-order chi connectivity index (χ1) is 28.4. The highest BCUT2D eigenvalue weighted by Gasteiger charge is 2.73. The maximum atomic E-state index is 15.6. The third-order valence-corrected chi connectivity index (χ3v) is 11.9. The Labute approximate surface area is 342 Å². The minimum atomic E-state index is -6.01. The average Bonchev–Trinajstić information content (AvgIpc) is 3.79. The van der Waals surface area contributed by atoms with Crippen LogP contribution in [-0.4, -0.2) is 88.3 Å². The molecule has 1 aliphatic carbocycles. The van der Waals surface area contributed by atoms with Crippen molar-refractivity contribution in [2.45, 2.75) is 31.1 Å². The Bertz CT molecular complexity index is 2270. The summed E-state index contributed by atoms with van der Waals surface area (Å²) in [4.78, 5) is 59.3. The van der Waals surface area contributed by atoms with Crippen LogP contribution in [0.3, 0.4) is 0 Å². The van der Waals surface area contributed by atoms with Gasteiger partial charge < -0.3 is 19.3 Å². The molecular formula is C44H42F6N4O6. The number of benzene rings is 4. The number of nitrogens with zero attached hydrogens (tertiary/aromatic N) is 4. The summed E-state index contributed by atoms with van der Waals surface area (Å²) < 4.78 is 105. The van der Waals surface area contributed by atoms with Crippen LogP contribution in [0.1, 0.15) is 23.1 Å². The Morgan fingerprint density at radius 2 is 1.08 bits per heavy atom. The van der Waals surface area contributed by atoms with Gasteiger partial charge in [0.25, 0.3) is 0 Å². The number of fused-ring (bicyclic) bond motifs is 3. The maximum absolute atomic E-state index is 15.6. The predicted molar refractivity (Wildman–Crippen MR) is 210 cm³/mol. The lowest BCUT2D eigenvalue weighted by atomic mass is 9.72. The molecule has 4 atom stereocenters. The van der Waals surface area contributed by atoms with Crippen LogP contribution in [0, 0.1) is 30.6 Å². The van der Waals surface area contributed by atoms with Crippen LogP contribution in [0.4, 0.5) is 43.4 Å². The van der Waals surface area contributed by atoms with E-state index in [1.165, 1.54) is 14.0 Å². The number of likely N-dealkylation sites (N-methyl/N-ethyl adjacent to an activating group) is 2. The molecule has 2 saturated heterocycles. The highest BCUT2D eigenvalue weighted by molar-refractivity contribution is 6.25. The largest absolute Gasteiger partial charge is 0.491 e. The molecule has 3 aliphatic rings. The van der Waals surface area contributed by atoms with Crippen molar-refractivity contribution < 1.29 is 55.0 Å². The quantitative estimate of drug-likeness (QED) is 0.103. The molecule has 316 valence electrons. The van der Waals surface area contributed by atoms with Gasteiger partial charge in [-0.2, -0.15) is 26.3 Å². The molecule has 0 spiro atoms. The second-order valence-electron chi connectivity index (χ2n) is 15.4. The highest BCUT2D eigenvalue weighted by atomic mass is 19.4. The number of carbonyl (C=O) groups is 4. The predicted octanol–water partition coefficient (Wildman–Crippen LogP) is 7.18. The average molecular weight is 837 g/mol. The smallest absolute Gasteiger partial charge is 0.411 e. The summed E-state index contributed by atoms with van der Waals surface area (Å²) in [6.07, 6.45) is -12.2. The van der Waals surface area contributed by atoms with Gasteiger partial charge in [0, 0.05) is 32.5 Å². The Morgan fingerprint density at radius 1 is 0.617 bits per heavy atom. The summed E-state index contributed by atoms with van der Waals surface area (Å²) in [5, 5.41) is 0. The SMILES string of the molecule is Cc1cc(C(c2ccc(OCCN(C)c3ccccc3)c(N3C(=O)C4CC5C(=O)N(C)C(=O)C5C4C3=O)c2)(C(F)(F)F)C(F)(F)F)ccc1OCCN(C)c1ccccc1. The molecule has 7 rings (SSSR count). The molecule has 0 aromatic heterocycles. The minimum Gasteiger partial charge on any atom is -0.491 e. The van der Waals surface area contributed by atoms with E-state index in [0.29, 0.717) is 29.6 Å². The molecule has 0 radical (unpaired) electrons. The number of amides is 4. The molecule has 3 fully saturated rings. The molecule has 2 heterocycles. The topological polar surface area (TPSA) is 99.7 Å². The molecule has 2 aliphatic heterocycles. The van der Waals surface area contributed by atoms with Crippen molar-refractivity contribution in [3.05, 3.63) is 114 Å². The third kappa shape index (κ3) is 7.08. The molecule has 10 nitrogen and oxygen atoms in total. The number of hydrogen-bond donors (Lipinski definition) is 0. The van der Waals surface area contributed by atoms with Crippen molar-refractivity contribution in [1.82, 2.24) is 4.90 Å². The van der Waals surface area contributed by atoms with Crippen molar-refractivity contribution in [3.63, 3.8) is 0 Å². The van der Waals surface area contributed by atoms with E-state index in [4.69, 9.17) is 9.47 Å². The van der Waals surface area contributed by atoms with Crippen molar-refractivity contribution >= 4 is 40.7 Å². The number of para-hydroxylation sites is 2. The third-order valence-electron chi connectivity index (χ3n) is 11.9. The van der Waals surface area contributed by atoms with Gasteiger partial charge in [0.15, 0.2) is 0 Å². The first-order valence-corrected chi connectivity index (χ1v) is 19.2. The van der Waals surface area contributed by atoms with Crippen LogP contribution in [0.15, 0.2) is 97.1 Å². The fourth-order valence-corrected chi connectivity index (χ4v) is 8.75. The fourth-order valence-electron chi connectivity index (χ4n) is 8.75. The van der Waals surface area contributed by atoms with Crippen LogP contribution in [0.25, 0.3) is 0 Å². The highest BCUT2D eigenvalue weighted by Crippen LogP contribution is 2.58. The fraction of sp³-hybridized carbons (Fsp3) is 0.364. The molecule has 0 bridgehead atoms. The zero-order valence-corrected chi connectivity index (χ0v) is 33.1. The number of anilines is 3. The van der Waals surface area contributed by atoms with Crippen LogP contribution >= 0.6 is 0 Å². The Morgan fingerprint density at radius 3 is 1.60 bits per heavy atom. The van der Waals surface area contributed by atoms with Gasteiger partial charge >= 0.3 is 12.4 Å². The summed E-state index contributed by atoms with van der Waals surface area (Å²) >= 11 is 0. The monoisotopic (exact) mass is 836 g/mol. The Hall–Kier alpha value is -6.06. The molecule has 4 aromatic carbocycles. The standard InChI is InChI=1S/C44H42F6N4O6/c1-26-23-27(15-17-34(26)59-21-19-51(2)29-11-7-5-8-12-29)42(43(45,46)47,44(48,49)50)28-16-18-35(60-22-20-52(3)30-13-9-6-10-14-30)33(24-28)54-39(56)32-25-31-36(37(32)41(54)58)40(57)53(4)38(31)55/h5-18,23-24,31-32,36-37H,19-22,25H2,1-4H3. The molecular weight excluding hydrogens is 794 g/mol. The van der Waals surface area contributed by atoms with Gasteiger partial charge in [0.05, 0.1) is 42.4 Å². The first-order valence-electron chi connectivity index (χ1n) is 19.2. The number of likely N-dealkylation sites (tertiary alicyclic amines) is 1. The molecule has 4 unspecified atom stereocenters. The zero-order valence-electron chi connectivity index (χ0n) is 33.1. The molecule has 60 heavy (non-hydrogen) atoms. The van der Waals surface area contributed by atoms with Crippen LogP contribution in [-0.2, 0) is 24.6 Å². The van der Waals surface area contributed by atoms with Crippen LogP contribution in [0.5, 0.6) is 11.5 Å². The lowest BCUT2D eigenvalue weighted by Gasteiger charge is -2.39. The van der Waals surface area contributed by atoms with E-state index in [1.54, 1.807) is 24.1 Å². The van der Waals surface area contributed by atoms with Gasteiger partial charge in [-0.15, -0.1) is 0 Å². The first kappa shape index (κ1) is 42.1. The summed E-state index contributed by atoms with van der Waals surface area (Å²) in [6, 6.07) is 22.9. The Kier molecular flexibility index (Phi) is 11.1. The zero-order chi connectivity index (χ0) is 43.3. The lowest BCUT2D eigenvalue weighted by molar-refractivity contribution is -0.288. The summed E-state index contributed by atoms with van der Waals surface area (Å²) in [5.41, 5.74) is -6.14. The number of ether oxygens (including phenoxy) is 2. The number of hydrogen-bond acceptors (Lipinski definition) is 8. The number of halogens is 6. The van der Waals surface area contributed by atoms with Gasteiger partial charge in [-0.05, 0) is 72.5 Å². The second-order valence-corrected chi connectivity index (χ2v) is 15.4. The van der Waals surface area contributed by atoms with Gasteiger partial charge in [-0.1, -0.05) is 54.6 Å². The normalized spacial score (nSPS) is 20.4.